The van der Waals surface area contributed by atoms with Gasteiger partial charge in [0.25, 0.3) is 0 Å². The molecule has 3 heteroatoms. The minimum atomic E-state index is -0.141. The summed E-state index contributed by atoms with van der Waals surface area (Å²) in [5.41, 5.74) is 0. The van der Waals surface area contributed by atoms with Crippen molar-refractivity contribution < 1.29 is 9.84 Å². The first kappa shape index (κ1) is 10.4. The Morgan fingerprint density at radius 2 is 1.93 bits per heavy atom. The van der Waals surface area contributed by atoms with Crippen LogP contribution in [-0.4, -0.2) is 36.5 Å². The summed E-state index contributed by atoms with van der Waals surface area (Å²) in [6.45, 7) is 1.70. The fourth-order valence-electron chi connectivity index (χ4n) is 2.45. The highest BCUT2D eigenvalue weighted by molar-refractivity contribution is 4.83. The van der Waals surface area contributed by atoms with Gasteiger partial charge in [-0.25, -0.2) is 0 Å². The summed E-state index contributed by atoms with van der Waals surface area (Å²) < 4.78 is 5.32. The predicted octanol–water partition coefficient (Wildman–Crippen LogP) is 1.06. The molecule has 0 aromatic heterocycles. The third-order valence-corrected chi connectivity index (χ3v) is 3.36. The lowest BCUT2D eigenvalue weighted by atomic mass is 10.0. The molecule has 2 aliphatic rings. The molecular formula is C11H21NO2. The molecule has 0 bridgehead atoms. The first-order valence-electron chi connectivity index (χ1n) is 5.88. The molecule has 2 rings (SSSR count). The molecule has 3 nitrogen and oxygen atoms in total. The second-order valence-electron chi connectivity index (χ2n) is 4.54. The fourth-order valence-corrected chi connectivity index (χ4v) is 2.45. The Hall–Kier alpha value is -0.120. The van der Waals surface area contributed by atoms with Crippen molar-refractivity contribution in [1.82, 2.24) is 5.32 Å². The number of aliphatic hydroxyl groups is 1. The predicted molar refractivity (Wildman–Crippen MR) is 55.2 cm³/mol. The third kappa shape index (κ3) is 2.69. The molecule has 2 fully saturated rings. The van der Waals surface area contributed by atoms with E-state index in [-0.39, 0.29) is 6.10 Å². The zero-order chi connectivity index (χ0) is 9.80. The van der Waals surface area contributed by atoms with E-state index in [9.17, 15) is 5.11 Å². The van der Waals surface area contributed by atoms with Gasteiger partial charge in [0.1, 0.15) is 0 Å². The largest absolute Gasteiger partial charge is 0.392 e. The van der Waals surface area contributed by atoms with Crippen LogP contribution >= 0.6 is 0 Å². The van der Waals surface area contributed by atoms with Crippen LogP contribution in [0.3, 0.4) is 0 Å². The molecule has 3 unspecified atom stereocenters. The normalized spacial score (nSPS) is 39.6. The summed E-state index contributed by atoms with van der Waals surface area (Å²) in [7, 11) is 0. The molecule has 1 aliphatic heterocycles. The number of nitrogens with one attached hydrogen (secondary N) is 1. The van der Waals surface area contributed by atoms with Gasteiger partial charge in [0, 0.05) is 18.7 Å². The van der Waals surface area contributed by atoms with Gasteiger partial charge in [-0.1, -0.05) is 19.3 Å². The monoisotopic (exact) mass is 199 g/mol. The van der Waals surface area contributed by atoms with Crippen molar-refractivity contribution in [2.75, 3.05) is 13.2 Å². The van der Waals surface area contributed by atoms with Crippen molar-refractivity contribution >= 4 is 0 Å². The van der Waals surface area contributed by atoms with E-state index < -0.39 is 0 Å². The van der Waals surface area contributed by atoms with Crippen molar-refractivity contribution in [2.45, 2.75) is 56.7 Å². The molecular weight excluding hydrogens is 178 g/mol. The topological polar surface area (TPSA) is 41.5 Å². The molecule has 82 valence electrons. The van der Waals surface area contributed by atoms with Crippen LogP contribution in [0.5, 0.6) is 0 Å². The summed E-state index contributed by atoms with van der Waals surface area (Å²) in [5, 5.41) is 13.4. The lowest BCUT2D eigenvalue weighted by molar-refractivity contribution is 0.110. The molecule has 1 saturated carbocycles. The van der Waals surface area contributed by atoms with E-state index in [0.29, 0.717) is 12.1 Å². The van der Waals surface area contributed by atoms with Crippen LogP contribution in [-0.2, 0) is 4.74 Å². The average Bonchev–Trinajstić information content (AvgIpc) is 2.60. The van der Waals surface area contributed by atoms with Gasteiger partial charge in [-0.2, -0.15) is 0 Å². The second kappa shape index (κ2) is 5.10. The van der Waals surface area contributed by atoms with E-state index in [2.05, 4.69) is 5.32 Å². The van der Waals surface area contributed by atoms with Crippen LogP contribution < -0.4 is 5.32 Å². The van der Waals surface area contributed by atoms with Crippen LogP contribution in [0.15, 0.2) is 0 Å². The standard InChI is InChI=1S/C11H21NO2/c13-11-5-3-1-2-4-10(11)12-9-6-7-14-8-9/h9-13H,1-8H2. The molecule has 0 spiro atoms. The van der Waals surface area contributed by atoms with Crippen molar-refractivity contribution in [3.05, 3.63) is 0 Å². The molecule has 0 radical (unpaired) electrons. The van der Waals surface area contributed by atoms with Gasteiger partial charge in [-0.3, -0.25) is 0 Å². The number of ether oxygens (including phenoxy) is 1. The maximum Gasteiger partial charge on any atom is 0.0693 e. The Morgan fingerprint density at radius 1 is 1.07 bits per heavy atom. The van der Waals surface area contributed by atoms with Gasteiger partial charge >= 0.3 is 0 Å². The molecule has 14 heavy (non-hydrogen) atoms. The number of aliphatic hydroxyl groups excluding tert-OH is 1. The molecule has 1 heterocycles. The minimum absolute atomic E-state index is 0.141. The molecule has 0 aromatic carbocycles. The maximum atomic E-state index is 9.91. The van der Waals surface area contributed by atoms with E-state index >= 15 is 0 Å². The van der Waals surface area contributed by atoms with Gasteiger partial charge in [0.05, 0.1) is 12.7 Å². The Balaban J connectivity index is 1.81. The van der Waals surface area contributed by atoms with Crippen molar-refractivity contribution in [2.24, 2.45) is 0 Å². The van der Waals surface area contributed by atoms with E-state index in [1.165, 1.54) is 19.3 Å². The lowest BCUT2D eigenvalue weighted by Crippen LogP contribution is -2.45. The average molecular weight is 199 g/mol. The summed E-state index contributed by atoms with van der Waals surface area (Å²) >= 11 is 0. The summed E-state index contributed by atoms with van der Waals surface area (Å²) in [6.07, 6.45) is 6.75. The van der Waals surface area contributed by atoms with Gasteiger partial charge < -0.3 is 15.2 Å². The van der Waals surface area contributed by atoms with Crippen LogP contribution in [0.25, 0.3) is 0 Å². The number of hydrogen-bond acceptors (Lipinski definition) is 3. The van der Waals surface area contributed by atoms with E-state index in [1.807, 2.05) is 0 Å². The minimum Gasteiger partial charge on any atom is -0.392 e. The molecule has 0 aromatic rings. The van der Waals surface area contributed by atoms with Crippen molar-refractivity contribution in [3.63, 3.8) is 0 Å². The number of rotatable bonds is 2. The Morgan fingerprint density at radius 3 is 2.71 bits per heavy atom. The quantitative estimate of drug-likeness (QED) is 0.653. The molecule has 1 aliphatic carbocycles. The van der Waals surface area contributed by atoms with Gasteiger partial charge in [0.2, 0.25) is 0 Å². The highest BCUT2D eigenvalue weighted by atomic mass is 16.5. The first-order valence-corrected chi connectivity index (χ1v) is 5.88. The second-order valence-corrected chi connectivity index (χ2v) is 4.54. The van der Waals surface area contributed by atoms with Crippen molar-refractivity contribution in [1.29, 1.82) is 0 Å². The highest BCUT2D eigenvalue weighted by Crippen LogP contribution is 2.19. The third-order valence-electron chi connectivity index (χ3n) is 3.36. The number of hydrogen-bond donors (Lipinski definition) is 2. The molecule has 2 N–H and O–H groups in total. The Kier molecular flexibility index (Phi) is 3.79. The zero-order valence-corrected chi connectivity index (χ0v) is 8.74. The lowest BCUT2D eigenvalue weighted by Gasteiger charge is -2.24. The van der Waals surface area contributed by atoms with Crippen LogP contribution in [0, 0.1) is 0 Å². The fraction of sp³-hybridized carbons (Fsp3) is 1.00. The summed E-state index contributed by atoms with van der Waals surface area (Å²) in [5.74, 6) is 0. The Labute approximate surface area is 85.8 Å². The summed E-state index contributed by atoms with van der Waals surface area (Å²) in [4.78, 5) is 0. The van der Waals surface area contributed by atoms with Crippen molar-refractivity contribution in [3.8, 4) is 0 Å². The van der Waals surface area contributed by atoms with Gasteiger partial charge in [-0.05, 0) is 19.3 Å². The Bertz CT molecular complexity index is 169. The SMILES string of the molecule is OC1CCCCCC1NC1CCOC1. The van der Waals surface area contributed by atoms with Crippen LogP contribution in [0.4, 0.5) is 0 Å². The molecule has 3 atom stereocenters. The summed E-state index contributed by atoms with van der Waals surface area (Å²) in [6, 6.07) is 0.789. The van der Waals surface area contributed by atoms with Gasteiger partial charge in [0.15, 0.2) is 0 Å². The van der Waals surface area contributed by atoms with E-state index in [4.69, 9.17) is 4.74 Å². The maximum absolute atomic E-state index is 9.91. The van der Waals surface area contributed by atoms with Gasteiger partial charge in [-0.15, -0.1) is 0 Å². The smallest absolute Gasteiger partial charge is 0.0693 e. The zero-order valence-electron chi connectivity index (χ0n) is 8.74. The van der Waals surface area contributed by atoms with Crippen LogP contribution in [0.1, 0.15) is 38.5 Å². The van der Waals surface area contributed by atoms with E-state index in [1.54, 1.807) is 0 Å². The van der Waals surface area contributed by atoms with Crippen LogP contribution in [0.2, 0.25) is 0 Å². The highest BCUT2D eigenvalue weighted by Gasteiger charge is 2.25. The first-order chi connectivity index (χ1) is 6.86. The molecule has 0 amide bonds. The molecule has 1 saturated heterocycles. The van der Waals surface area contributed by atoms with E-state index in [0.717, 1.165) is 32.5 Å².